The zero-order valence-corrected chi connectivity index (χ0v) is 14.1. The van der Waals surface area contributed by atoms with Gasteiger partial charge in [0.25, 0.3) is 0 Å². The van der Waals surface area contributed by atoms with Gasteiger partial charge in [-0.1, -0.05) is 6.07 Å². The number of aryl methyl sites for hydroxylation is 1. The third-order valence-electron chi connectivity index (χ3n) is 4.57. The van der Waals surface area contributed by atoms with Crippen molar-refractivity contribution in [1.29, 1.82) is 0 Å². The number of halogens is 1. The van der Waals surface area contributed by atoms with Crippen LogP contribution in [0.2, 0.25) is 0 Å². The summed E-state index contributed by atoms with van der Waals surface area (Å²) in [7, 11) is 0. The normalized spacial score (nSPS) is 18.7. The second-order valence-corrected chi connectivity index (χ2v) is 6.21. The van der Waals surface area contributed by atoms with E-state index in [1.54, 1.807) is 18.6 Å². The molecule has 130 valence electrons. The highest BCUT2D eigenvalue weighted by molar-refractivity contribution is 5.81. The van der Waals surface area contributed by atoms with Crippen LogP contribution >= 0.6 is 0 Å². The fourth-order valence-corrected chi connectivity index (χ4v) is 3.35. The molecule has 0 bridgehead atoms. The van der Waals surface area contributed by atoms with E-state index in [2.05, 4.69) is 27.0 Å². The SMILES string of the molecule is CCn1cnnc1[C@@H]1CN(Cc2cc(F)cc3cccnc23)CCO1. The molecule has 1 fully saturated rings. The smallest absolute Gasteiger partial charge is 0.163 e. The molecule has 25 heavy (non-hydrogen) atoms. The number of nitrogens with zero attached hydrogens (tertiary/aromatic N) is 5. The number of hydrogen-bond donors (Lipinski definition) is 0. The van der Waals surface area contributed by atoms with Gasteiger partial charge >= 0.3 is 0 Å². The van der Waals surface area contributed by atoms with Crippen LogP contribution in [-0.2, 0) is 17.8 Å². The van der Waals surface area contributed by atoms with Gasteiger partial charge in [0.1, 0.15) is 18.2 Å². The summed E-state index contributed by atoms with van der Waals surface area (Å²) < 4.78 is 21.8. The lowest BCUT2D eigenvalue weighted by atomic mass is 10.1. The number of hydrogen-bond acceptors (Lipinski definition) is 5. The van der Waals surface area contributed by atoms with E-state index >= 15 is 0 Å². The topological polar surface area (TPSA) is 56.1 Å². The van der Waals surface area contributed by atoms with Gasteiger partial charge in [0.2, 0.25) is 0 Å². The molecule has 0 saturated carbocycles. The molecule has 1 aromatic carbocycles. The maximum absolute atomic E-state index is 14.0. The number of aromatic nitrogens is 4. The van der Waals surface area contributed by atoms with Crippen molar-refractivity contribution in [2.24, 2.45) is 0 Å². The molecule has 1 aliphatic heterocycles. The number of rotatable bonds is 4. The molecule has 0 amide bonds. The lowest BCUT2D eigenvalue weighted by Crippen LogP contribution is -2.38. The van der Waals surface area contributed by atoms with Gasteiger partial charge in [-0.2, -0.15) is 0 Å². The van der Waals surface area contributed by atoms with Crippen LogP contribution in [0.25, 0.3) is 10.9 Å². The minimum absolute atomic E-state index is 0.121. The van der Waals surface area contributed by atoms with Crippen molar-refractivity contribution in [3.63, 3.8) is 0 Å². The summed E-state index contributed by atoms with van der Waals surface area (Å²) in [6.07, 6.45) is 3.35. The molecular weight excluding hydrogens is 321 g/mol. The summed E-state index contributed by atoms with van der Waals surface area (Å²) in [6.45, 7) is 5.59. The van der Waals surface area contributed by atoms with Crippen molar-refractivity contribution in [2.75, 3.05) is 19.7 Å². The number of morpholine rings is 1. The first-order valence-electron chi connectivity index (χ1n) is 8.49. The Kier molecular flexibility index (Phi) is 4.42. The van der Waals surface area contributed by atoms with Gasteiger partial charge in [0, 0.05) is 37.8 Å². The molecule has 2 aromatic heterocycles. The standard InChI is InChI=1S/C18H20FN5O/c1-2-24-12-21-22-18(24)16-11-23(6-7-25-16)10-14-9-15(19)8-13-4-3-5-20-17(13)14/h3-5,8-9,12,16H,2,6-7,10-11H2,1H3/t16-/m0/s1. The molecule has 3 heterocycles. The fraction of sp³-hybridized carbons (Fsp3) is 0.389. The lowest BCUT2D eigenvalue weighted by molar-refractivity contribution is -0.0387. The van der Waals surface area contributed by atoms with Crippen LogP contribution in [0.5, 0.6) is 0 Å². The third kappa shape index (κ3) is 3.25. The molecule has 0 N–H and O–H groups in total. The molecule has 0 aliphatic carbocycles. The molecule has 0 spiro atoms. The molecule has 0 unspecified atom stereocenters. The summed E-state index contributed by atoms with van der Waals surface area (Å²) in [5.41, 5.74) is 1.75. The first kappa shape index (κ1) is 16.1. The predicted molar refractivity (Wildman–Crippen MR) is 91.4 cm³/mol. The third-order valence-corrected chi connectivity index (χ3v) is 4.57. The van der Waals surface area contributed by atoms with Crippen molar-refractivity contribution in [2.45, 2.75) is 26.1 Å². The molecule has 1 saturated heterocycles. The highest BCUT2D eigenvalue weighted by atomic mass is 19.1. The molecule has 7 heteroatoms. The minimum atomic E-state index is -0.231. The van der Waals surface area contributed by atoms with E-state index in [-0.39, 0.29) is 11.9 Å². The van der Waals surface area contributed by atoms with Gasteiger partial charge in [0.05, 0.1) is 12.1 Å². The largest absolute Gasteiger partial charge is 0.368 e. The molecule has 1 atom stereocenters. The van der Waals surface area contributed by atoms with Gasteiger partial charge in [-0.25, -0.2) is 4.39 Å². The van der Waals surface area contributed by atoms with Gasteiger partial charge in [0.15, 0.2) is 5.82 Å². The van der Waals surface area contributed by atoms with Gasteiger partial charge in [-0.05, 0) is 30.7 Å². The first-order valence-corrected chi connectivity index (χ1v) is 8.49. The second-order valence-electron chi connectivity index (χ2n) is 6.21. The molecule has 4 rings (SSSR count). The maximum atomic E-state index is 14.0. The number of benzene rings is 1. The van der Waals surface area contributed by atoms with Crippen molar-refractivity contribution < 1.29 is 9.13 Å². The summed E-state index contributed by atoms with van der Waals surface area (Å²) in [6, 6.07) is 6.82. The predicted octanol–water partition coefficient (Wildman–Crippen LogP) is 2.56. The Balaban J connectivity index is 1.57. The molecule has 3 aromatic rings. The average Bonchev–Trinajstić information content (AvgIpc) is 3.10. The summed E-state index contributed by atoms with van der Waals surface area (Å²) in [4.78, 5) is 6.69. The summed E-state index contributed by atoms with van der Waals surface area (Å²) in [5, 5.41) is 9.02. The highest BCUT2D eigenvalue weighted by Gasteiger charge is 2.26. The maximum Gasteiger partial charge on any atom is 0.163 e. The number of ether oxygens (including phenoxy) is 1. The molecule has 0 radical (unpaired) electrons. The van der Waals surface area contributed by atoms with Crippen LogP contribution in [0.4, 0.5) is 4.39 Å². The minimum Gasteiger partial charge on any atom is -0.368 e. The second kappa shape index (κ2) is 6.85. The Labute approximate surface area is 145 Å². The molecule has 6 nitrogen and oxygen atoms in total. The van der Waals surface area contributed by atoms with Gasteiger partial charge < -0.3 is 9.30 Å². The van der Waals surface area contributed by atoms with Crippen LogP contribution < -0.4 is 0 Å². The Morgan fingerprint density at radius 2 is 2.28 bits per heavy atom. The molecular formula is C18H20FN5O. The van der Waals surface area contributed by atoms with E-state index in [1.807, 2.05) is 16.7 Å². The van der Waals surface area contributed by atoms with Gasteiger partial charge in [-0.15, -0.1) is 10.2 Å². The number of pyridine rings is 1. The van der Waals surface area contributed by atoms with Crippen LogP contribution in [0, 0.1) is 5.82 Å². The Morgan fingerprint density at radius 1 is 1.36 bits per heavy atom. The fourth-order valence-electron chi connectivity index (χ4n) is 3.35. The van der Waals surface area contributed by atoms with E-state index in [4.69, 9.17) is 4.74 Å². The van der Waals surface area contributed by atoms with E-state index < -0.39 is 0 Å². The zero-order chi connectivity index (χ0) is 17.2. The van der Waals surface area contributed by atoms with Crippen LogP contribution in [0.15, 0.2) is 36.8 Å². The van der Waals surface area contributed by atoms with Crippen LogP contribution in [-0.4, -0.2) is 44.3 Å². The van der Waals surface area contributed by atoms with E-state index in [1.165, 1.54) is 6.07 Å². The van der Waals surface area contributed by atoms with Gasteiger partial charge in [-0.3, -0.25) is 9.88 Å². The monoisotopic (exact) mass is 341 g/mol. The highest BCUT2D eigenvalue weighted by Crippen LogP contribution is 2.24. The Hall–Kier alpha value is -2.38. The lowest BCUT2D eigenvalue weighted by Gasteiger charge is -2.32. The average molecular weight is 341 g/mol. The van der Waals surface area contributed by atoms with Crippen molar-refractivity contribution >= 4 is 10.9 Å². The Bertz CT molecular complexity index is 881. The van der Waals surface area contributed by atoms with E-state index in [0.717, 1.165) is 35.4 Å². The first-order chi connectivity index (χ1) is 12.2. The van der Waals surface area contributed by atoms with Crippen molar-refractivity contribution in [3.05, 3.63) is 54.0 Å². The quantitative estimate of drug-likeness (QED) is 0.730. The van der Waals surface area contributed by atoms with Crippen molar-refractivity contribution in [3.8, 4) is 0 Å². The van der Waals surface area contributed by atoms with E-state index in [0.29, 0.717) is 19.7 Å². The Morgan fingerprint density at radius 3 is 3.16 bits per heavy atom. The van der Waals surface area contributed by atoms with Crippen molar-refractivity contribution in [1.82, 2.24) is 24.6 Å². The summed E-state index contributed by atoms with van der Waals surface area (Å²) in [5.74, 6) is 0.612. The molecule has 1 aliphatic rings. The van der Waals surface area contributed by atoms with Crippen LogP contribution in [0.3, 0.4) is 0 Å². The van der Waals surface area contributed by atoms with E-state index in [9.17, 15) is 4.39 Å². The zero-order valence-electron chi connectivity index (χ0n) is 14.1. The number of fused-ring (bicyclic) bond motifs is 1. The summed E-state index contributed by atoms with van der Waals surface area (Å²) >= 11 is 0. The van der Waals surface area contributed by atoms with Crippen LogP contribution in [0.1, 0.15) is 24.4 Å².